The van der Waals surface area contributed by atoms with Crippen LogP contribution in [-0.2, 0) is 5.54 Å². The summed E-state index contributed by atoms with van der Waals surface area (Å²) in [5.74, 6) is -1.18. The van der Waals surface area contributed by atoms with Crippen molar-refractivity contribution in [3.8, 4) is 11.5 Å². The Labute approximate surface area is 131 Å². The highest BCUT2D eigenvalue weighted by Gasteiger charge is 2.28. The second-order valence-electron chi connectivity index (χ2n) is 4.96. The van der Waals surface area contributed by atoms with Gasteiger partial charge in [-0.05, 0) is 24.6 Å². The number of phenols is 2. The van der Waals surface area contributed by atoms with Crippen LogP contribution in [0.4, 0.5) is 0 Å². The zero-order chi connectivity index (χ0) is 15.5. The van der Waals surface area contributed by atoms with E-state index in [0.717, 1.165) is 5.56 Å². The van der Waals surface area contributed by atoms with Gasteiger partial charge < -0.3 is 15.5 Å². The fraction of sp³-hybridized carbons (Fsp3) is 0.188. The summed E-state index contributed by atoms with van der Waals surface area (Å²) in [5, 5.41) is 22.7. The number of hydrogen-bond donors (Lipinski definition) is 3. The number of aromatic hydroxyl groups is 2. The molecule has 1 atom stereocenters. The minimum absolute atomic E-state index is 0.0399. The molecular formula is C16H16BrNO3. The van der Waals surface area contributed by atoms with Gasteiger partial charge in [-0.1, -0.05) is 52.3 Å². The van der Waals surface area contributed by atoms with E-state index in [-0.39, 0.29) is 11.3 Å². The van der Waals surface area contributed by atoms with Gasteiger partial charge in [-0.3, -0.25) is 4.79 Å². The molecule has 3 N–H and O–H groups in total. The highest BCUT2D eigenvalue weighted by molar-refractivity contribution is 9.09. The highest BCUT2D eigenvalue weighted by Crippen LogP contribution is 2.30. The number of amides is 1. The predicted molar refractivity (Wildman–Crippen MR) is 84.8 cm³/mol. The van der Waals surface area contributed by atoms with E-state index in [1.165, 1.54) is 18.2 Å². The number of benzene rings is 2. The molecule has 0 aliphatic heterocycles. The maximum atomic E-state index is 12.4. The Morgan fingerprint density at radius 3 is 2.43 bits per heavy atom. The molecule has 0 saturated heterocycles. The van der Waals surface area contributed by atoms with Crippen molar-refractivity contribution in [2.45, 2.75) is 12.5 Å². The third-order valence-corrected chi connectivity index (χ3v) is 4.45. The summed E-state index contributed by atoms with van der Waals surface area (Å²) in [6.07, 6.45) is 0. The van der Waals surface area contributed by atoms with Crippen molar-refractivity contribution < 1.29 is 15.0 Å². The first-order valence-corrected chi connectivity index (χ1v) is 7.55. The number of carbonyl (C=O) groups excluding carboxylic acids is 1. The SMILES string of the molecule is CC(CBr)(NC(=O)c1cccc(O)c1O)c1ccccc1. The van der Waals surface area contributed by atoms with Crippen LogP contribution >= 0.6 is 15.9 Å². The molecule has 0 radical (unpaired) electrons. The molecule has 0 fully saturated rings. The van der Waals surface area contributed by atoms with Gasteiger partial charge in [-0.25, -0.2) is 0 Å². The van der Waals surface area contributed by atoms with E-state index in [2.05, 4.69) is 21.2 Å². The van der Waals surface area contributed by atoms with Crippen LogP contribution in [0.15, 0.2) is 48.5 Å². The van der Waals surface area contributed by atoms with Gasteiger partial charge in [0.25, 0.3) is 5.91 Å². The second kappa shape index (κ2) is 6.18. The van der Waals surface area contributed by atoms with Crippen molar-refractivity contribution in [3.63, 3.8) is 0 Å². The van der Waals surface area contributed by atoms with Gasteiger partial charge in [0.1, 0.15) is 0 Å². The topological polar surface area (TPSA) is 69.6 Å². The average Bonchev–Trinajstić information content (AvgIpc) is 2.50. The molecule has 5 heteroatoms. The van der Waals surface area contributed by atoms with Crippen LogP contribution in [0.3, 0.4) is 0 Å². The lowest BCUT2D eigenvalue weighted by molar-refractivity contribution is 0.0910. The first-order chi connectivity index (χ1) is 9.98. The van der Waals surface area contributed by atoms with Crippen molar-refractivity contribution in [1.82, 2.24) is 5.32 Å². The van der Waals surface area contributed by atoms with E-state index >= 15 is 0 Å². The summed E-state index contributed by atoms with van der Waals surface area (Å²) in [6.45, 7) is 1.88. The monoisotopic (exact) mass is 349 g/mol. The average molecular weight is 350 g/mol. The van der Waals surface area contributed by atoms with Gasteiger partial charge in [0.2, 0.25) is 0 Å². The number of alkyl halides is 1. The van der Waals surface area contributed by atoms with Crippen molar-refractivity contribution in [3.05, 3.63) is 59.7 Å². The van der Waals surface area contributed by atoms with Crippen LogP contribution in [-0.4, -0.2) is 21.5 Å². The lowest BCUT2D eigenvalue weighted by Gasteiger charge is -2.29. The Balaban J connectivity index is 2.30. The number of carbonyl (C=O) groups is 1. The van der Waals surface area contributed by atoms with Gasteiger partial charge in [0, 0.05) is 5.33 Å². The highest BCUT2D eigenvalue weighted by atomic mass is 79.9. The number of halogens is 1. The molecule has 21 heavy (non-hydrogen) atoms. The maximum Gasteiger partial charge on any atom is 0.255 e. The molecule has 2 aromatic rings. The molecule has 0 aliphatic rings. The number of para-hydroxylation sites is 1. The Bertz CT molecular complexity index is 645. The lowest BCUT2D eigenvalue weighted by atomic mass is 9.93. The van der Waals surface area contributed by atoms with Crippen molar-refractivity contribution >= 4 is 21.8 Å². The van der Waals surface area contributed by atoms with Gasteiger partial charge in [-0.15, -0.1) is 0 Å². The zero-order valence-electron chi connectivity index (χ0n) is 11.5. The number of nitrogens with one attached hydrogen (secondary N) is 1. The van der Waals surface area contributed by atoms with E-state index in [9.17, 15) is 15.0 Å². The Kier molecular flexibility index (Phi) is 4.53. The predicted octanol–water partition coefficient (Wildman–Crippen LogP) is 3.14. The quantitative estimate of drug-likeness (QED) is 0.586. The molecule has 2 rings (SSSR count). The molecule has 110 valence electrons. The van der Waals surface area contributed by atoms with E-state index in [1.54, 1.807) is 0 Å². The first-order valence-electron chi connectivity index (χ1n) is 6.43. The van der Waals surface area contributed by atoms with Crippen LogP contribution in [0.25, 0.3) is 0 Å². The molecule has 4 nitrogen and oxygen atoms in total. The molecule has 0 heterocycles. The third kappa shape index (κ3) is 3.19. The van der Waals surface area contributed by atoms with Gasteiger partial charge >= 0.3 is 0 Å². The summed E-state index contributed by atoms with van der Waals surface area (Å²) in [5.41, 5.74) is 0.351. The normalized spacial score (nSPS) is 13.4. The fourth-order valence-corrected chi connectivity index (χ4v) is 2.49. The molecule has 1 unspecified atom stereocenters. The Morgan fingerprint density at radius 1 is 1.14 bits per heavy atom. The Morgan fingerprint density at radius 2 is 1.81 bits per heavy atom. The molecule has 0 spiro atoms. The third-order valence-electron chi connectivity index (χ3n) is 3.33. The zero-order valence-corrected chi connectivity index (χ0v) is 13.1. The van der Waals surface area contributed by atoms with E-state index in [4.69, 9.17) is 0 Å². The van der Waals surface area contributed by atoms with Crippen molar-refractivity contribution in [2.24, 2.45) is 0 Å². The largest absolute Gasteiger partial charge is 0.504 e. The second-order valence-corrected chi connectivity index (χ2v) is 5.52. The fourth-order valence-electron chi connectivity index (χ4n) is 2.02. The molecule has 1 amide bonds. The lowest BCUT2D eigenvalue weighted by Crippen LogP contribution is -2.44. The molecule has 0 aromatic heterocycles. The van der Waals surface area contributed by atoms with Crippen LogP contribution in [0.5, 0.6) is 11.5 Å². The van der Waals surface area contributed by atoms with E-state index < -0.39 is 17.2 Å². The number of rotatable bonds is 4. The van der Waals surface area contributed by atoms with Crippen LogP contribution < -0.4 is 5.32 Å². The summed E-state index contributed by atoms with van der Waals surface area (Å²) < 4.78 is 0. The number of phenolic OH excluding ortho intramolecular Hbond substituents is 2. The van der Waals surface area contributed by atoms with Crippen LogP contribution in [0, 0.1) is 0 Å². The van der Waals surface area contributed by atoms with Crippen LogP contribution in [0.2, 0.25) is 0 Å². The minimum Gasteiger partial charge on any atom is -0.504 e. The van der Waals surface area contributed by atoms with Crippen molar-refractivity contribution in [2.75, 3.05) is 5.33 Å². The molecular weight excluding hydrogens is 334 g/mol. The van der Waals surface area contributed by atoms with E-state index in [1.807, 2.05) is 37.3 Å². The molecule has 2 aromatic carbocycles. The summed E-state index contributed by atoms with van der Waals surface area (Å²) in [4.78, 5) is 12.4. The van der Waals surface area contributed by atoms with Gasteiger partial charge in [0.15, 0.2) is 11.5 Å². The van der Waals surface area contributed by atoms with Crippen LogP contribution in [0.1, 0.15) is 22.8 Å². The standard InChI is InChI=1S/C16H16BrNO3/c1-16(10-17,11-6-3-2-4-7-11)18-15(21)12-8-5-9-13(19)14(12)20/h2-9,19-20H,10H2,1H3,(H,18,21). The van der Waals surface area contributed by atoms with Gasteiger partial charge in [0.05, 0.1) is 11.1 Å². The summed E-state index contributed by atoms with van der Waals surface area (Å²) in [6, 6.07) is 13.8. The molecule has 0 aliphatic carbocycles. The Hall–Kier alpha value is -2.01. The summed E-state index contributed by atoms with van der Waals surface area (Å²) in [7, 11) is 0. The van der Waals surface area contributed by atoms with Crippen molar-refractivity contribution in [1.29, 1.82) is 0 Å². The molecule has 0 saturated carbocycles. The molecule has 0 bridgehead atoms. The number of hydrogen-bond acceptors (Lipinski definition) is 3. The first kappa shape index (κ1) is 15.4. The smallest absolute Gasteiger partial charge is 0.255 e. The summed E-state index contributed by atoms with van der Waals surface area (Å²) >= 11 is 3.42. The van der Waals surface area contributed by atoms with E-state index in [0.29, 0.717) is 5.33 Å². The maximum absolute atomic E-state index is 12.4. The minimum atomic E-state index is -0.629. The van der Waals surface area contributed by atoms with Gasteiger partial charge in [-0.2, -0.15) is 0 Å².